The third kappa shape index (κ3) is 3.78. The summed E-state index contributed by atoms with van der Waals surface area (Å²) < 4.78 is 0. The van der Waals surface area contributed by atoms with Crippen LogP contribution in [-0.4, -0.2) is 63.2 Å². The van der Waals surface area contributed by atoms with Crippen LogP contribution >= 0.6 is 0 Å². The van der Waals surface area contributed by atoms with Gasteiger partial charge in [-0.1, -0.05) is 18.2 Å². The van der Waals surface area contributed by atoms with Crippen molar-refractivity contribution in [3.05, 3.63) is 72.2 Å². The van der Waals surface area contributed by atoms with Crippen LogP contribution in [0.5, 0.6) is 0 Å². The van der Waals surface area contributed by atoms with Gasteiger partial charge in [-0.05, 0) is 37.3 Å². The van der Waals surface area contributed by atoms with Crippen molar-refractivity contribution < 1.29 is 9.59 Å². The molecule has 1 fully saturated rings. The molecule has 7 nitrogen and oxygen atoms in total. The van der Waals surface area contributed by atoms with Gasteiger partial charge < -0.3 is 4.90 Å². The minimum atomic E-state index is -0.944. The lowest BCUT2D eigenvalue weighted by Crippen LogP contribution is -2.58. The summed E-state index contributed by atoms with van der Waals surface area (Å²) in [4.78, 5) is 37.9. The summed E-state index contributed by atoms with van der Waals surface area (Å²) in [6.07, 6.45) is 3.31. The van der Waals surface area contributed by atoms with Crippen molar-refractivity contribution in [3.63, 3.8) is 0 Å². The summed E-state index contributed by atoms with van der Waals surface area (Å²) in [5, 5.41) is 10.6. The standard InChI is InChI=1S/C23H21N5O2/c1-16-15-27(23(30)17-5-3-2-4-6-17)11-12-28(16)21(13-24)22(29)20-8-7-18-14-25-10-9-19(18)26-20/h2-10,14,16,21H,11-12,15H2,1H3/t16-,21?/m1/s1. The minimum absolute atomic E-state index is 0.0354. The number of benzene rings is 1. The number of aromatic nitrogens is 2. The number of hydrogen-bond donors (Lipinski definition) is 0. The Morgan fingerprint density at radius 2 is 1.93 bits per heavy atom. The van der Waals surface area contributed by atoms with E-state index in [9.17, 15) is 14.9 Å². The number of pyridine rings is 2. The zero-order valence-electron chi connectivity index (χ0n) is 16.6. The Kier molecular flexibility index (Phi) is 5.50. The smallest absolute Gasteiger partial charge is 0.253 e. The third-order valence-corrected chi connectivity index (χ3v) is 5.43. The fourth-order valence-corrected chi connectivity index (χ4v) is 3.83. The first-order valence-corrected chi connectivity index (χ1v) is 9.83. The average molecular weight is 399 g/mol. The van der Waals surface area contributed by atoms with E-state index in [1.807, 2.05) is 30.0 Å². The van der Waals surface area contributed by atoms with Gasteiger partial charge in [-0.2, -0.15) is 5.26 Å². The summed E-state index contributed by atoms with van der Waals surface area (Å²) in [7, 11) is 0. The second-order valence-corrected chi connectivity index (χ2v) is 7.36. The summed E-state index contributed by atoms with van der Waals surface area (Å²) >= 11 is 0. The molecule has 0 radical (unpaired) electrons. The maximum atomic E-state index is 13.1. The molecule has 1 aliphatic heterocycles. The van der Waals surface area contributed by atoms with Crippen LogP contribution in [0, 0.1) is 11.3 Å². The van der Waals surface area contributed by atoms with Gasteiger partial charge in [0.25, 0.3) is 5.91 Å². The molecule has 2 atom stereocenters. The Balaban J connectivity index is 1.50. The fraction of sp³-hybridized carbons (Fsp3) is 0.261. The Labute approximate surface area is 174 Å². The number of piperazine rings is 1. The van der Waals surface area contributed by atoms with Crippen LogP contribution in [0.25, 0.3) is 10.9 Å². The molecule has 30 heavy (non-hydrogen) atoms. The van der Waals surface area contributed by atoms with Crippen LogP contribution in [-0.2, 0) is 0 Å². The van der Waals surface area contributed by atoms with Crippen molar-refractivity contribution in [2.75, 3.05) is 19.6 Å². The van der Waals surface area contributed by atoms with Crippen molar-refractivity contribution >= 4 is 22.6 Å². The van der Waals surface area contributed by atoms with Crippen LogP contribution in [0.1, 0.15) is 27.8 Å². The van der Waals surface area contributed by atoms with E-state index in [1.54, 1.807) is 47.6 Å². The van der Waals surface area contributed by atoms with Gasteiger partial charge in [0.15, 0.2) is 6.04 Å². The van der Waals surface area contributed by atoms with Crippen molar-refractivity contribution in [3.8, 4) is 6.07 Å². The number of carbonyl (C=O) groups is 2. The number of carbonyl (C=O) groups excluding carboxylic acids is 2. The van der Waals surface area contributed by atoms with E-state index in [1.165, 1.54) is 0 Å². The first kappa shape index (κ1) is 19.7. The van der Waals surface area contributed by atoms with Crippen molar-refractivity contribution in [2.24, 2.45) is 0 Å². The molecule has 150 valence electrons. The first-order chi connectivity index (χ1) is 14.6. The summed E-state index contributed by atoms with van der Waals surface area (Å²) in [5.41, 5.74) is 1.56. The topological polar surface area (TPSA) is 90.2 Å². The molecule has 1 aliphatic rings. The van der Waals surface area contributed by atoms with Crippen LogP contribution < -0.4 is 0 Å². The Morgan fingerprint density at radius 1 is 1.13 bits per heavy atom. The highest BCUT2D eigenvalue weighted by Gasteiger charge is 2.36. The van der Waals surface area contributed by atoms with E-state index in [4.69, 9.17) is 0 Å². The third-order valence-electron chi connectivity index (χ3n) is 5.43. The maximum Gasteiger partial charge on any atom is 0.253 e. The number of amides is 1. The van der Waals surface area contributed by atoms with E-state index in [0.29, 0.717) is 30.7 Å². The molecule has 3 heterocycles. The number of fused-ring (bicyclic) bond motifs is 1. The lowest BCUT2D eigenvalue weighted by molar-refractivity contribution is 0.0428. The average Bonchev–Trinajstić information content (AvgIpc) is 2.80. The summed E-state index contributed by atoms with van der Waals surface area (Å²) in [6, 6.07) is 15.4. The van der Waals surface area contributed by atoms with Gasteiger partial charge in [0.2, 0.25) is 5.78 Å². The van der Waals surface area contributed by atoms with E-state index < -0.39 is 6.04 Å². The lowest BCUT2D eigenvalue weighted by Gasteiger charge is -2.41. The molecule has 3 aromatic rings. The van der Waals surface area contributed by atoms with Gasteiger partial charge in [0, 0.05) is 49.0 Å². The van der Waals surface area contributed by atoms with Gasteiger partial charge in [-0.25, -0.2) is 4.98 Å². The molecule has 0 bridgehead atoms. The molecular formula is C23H21N5O2. The number of Topliss-reactive ketones (excluding diaryl/α,β-unsaturated/α-hetero) is 1. The minimum Gasteiger partial charge on any atom is -0.336 e. The van der Waals surface area contributed by atoms with Gasteiger partial charge in [0.05, 0.1) is 11.6 Å². The Morgan fingerprint density at radius 3 is 2.67 bits per heavy atom. The quantitative estimate of drug-likeness (QED) is 0.627. The highest BCUT2D eigenvalue weighted by Crippen LogP contribution is 2.19. The molecule has 0 N–H and O–H groups in total. The zero-order chi connectivity index (χ0) is 21.1. The molecule has 7 heteroatoms. The monoisotopic (exact) mass is 399 g/mol. The Bertz CT molecular complexity index is 1130. The first-order valence-electron chi connectivity index (χ1n) is 9.83. The molecule has 0 saturated carbocycles. The molecule has 0 aliphatic carbocycles. The van der Waals surface area contributed by atoms with Crippen LogP contribution in [0.15, 0.2) is 60.9 Å². The maximum absolute atomic E-state index is 13.1. The Hall–Kier alpha value is -3.63. The molecule has 2 aromatic heterocycles. The second-order valence-electron chi connectivity index (χ2n) is 7.36. The summed E-state index contributed by atoms with van der Waals surface area (Å²) in [6.45, 7) is 3.29. The molecular weight excluding hydrogens is 378 g/mol. The number of nitriles is 1. The molecule has 1 unspecified atom stereocenters. The van der Waals surface area contributed by atoms with Crippen molar-refractivity contribution in [2.45, 2.75) is 19.0 Å². The van der Waals surface area contributed by atoms with Gasteiger partial charge in [-0.15, -0.1) is 0 Å². The predicted octanol–water partition coefficient (Wildman–Crippen LogP) is 2.55. The molecule has 1 saturated heterocycles. The van der Waals surface area contributed by atoms with Gasteiger partial charge >= 0.3 is 0 Å². The van der Waals surface area contributed by atoms with E-state index in [-0.39, 0.29) is 23.4 Å². The molecule has 0 spiro atoms. The van der Waals surface area contributed by atoms with Gasteiger partial charge in [-0.3, -0.25) is 19.5 Å². The highest BCUT2D eigenvalue weighted by molar-refractivity contribution is 6.01. The fourth-order valence-electron chi connectivity index (χ4n) is 3.83. The van der Waals surface area contributed by atoms with Crippen molar-refractivity contribution in [1.29, 1.82) is 5.26 Å². The van der Waals surface area contributed by atoms with Crippen LogP contribution in [0.2, 0.25) is 0 Å². The highest BCUT2D eigenvalue weighted by atomic mass is 16.2. The summed E-state index contributed by atoms with van der Waals surface area (Å²) in [5.74, 6) is -0.363. The van der Waals surface area contributed by atoms with Crippen LogP contribution in [0.3, 0.4) is 0 Å². The lowest BCUT2D eigenvalue weighted by atomic mass is 10.0. The van der Waals surface area contributed by atoms with Crippen LogP contribution in [0.4, 0.5) is 0 Å². The normalized spacial score (nSPS) is 18.0. The van der Waals surface area contributed by atoms with E-state index in [2.05, 4.69) is 16.0 Å². The zero-order valence-corrected chi connectivity index (χ0v) is 16.6. The van der Waals surface area contributed by atoms with E-state index in [0.717, 1.165) is 5.39 Å². The molecule has 4 rings (SSSR count). The number of nitrogens with zero attached hydrogens (tertiary/aromatic N) is 5. The number of rotatable bonds is 4. The van der Waals surface area contributed by atoms with Crippen molar-refractivity contribution in [1.82, 2.24) is 19.8 Å². The molecule has 1 amide bonds. The van der Waals surface area contributed by atoms with Gasteiger partial charge in [0.1, 0.15) is 5.69 Å². The predicted molar refractivity (Wildman–Crippen MR) is 112 cm³/mol. The largest absolute Gasteiger partial charge is 0.336 e. The SMILES string of the molecule is C[C@@H]1CN(C(=O)c2ccccc2)CCN1C(C#N)C(=O)c1ccc2cnccc2n1. The number of hydrogen-bond acceptors (Lipinski definition) is 6. The number of ketones is 1. The van der Waals surface area contributed by atoms with E-state index >= 15 is 0 Å². The molecule has 1 aromatic carbocycles. The second kappa shape index (κ2) is 8.39.